The first-order valence-corrected chi connectivity index (χ1v) is 13.8. The number of carbonyl (C=O) groups excluding carboxylic acids is 3. The van der Waals surface area contributed by atoms with Gasteiger partial charge in [-0.05, 0) is 48.1 Å². The number of nitrogens with one attached hydrogen (secondary N) is 4. The van der Waals surface area contributed by atoms with Gasteiger partial charge < -0.3 is 42.0 Å². The molecular formula is C30H37N5O8. The zero-order valence-corrected chi connectivity index (χ0v) is 23.9. The lowest BCUT2D eigenvalue weighted by Gasteiger charge is -2.27. The van der Waals surface area contributed by atoms with Crippen LogP contribution in [0.15, 0.2) is 54.7 Å². The number of para-hydroxylation sites is 1. The number of amides is 3. The molecule has 0 spiro atoms. The number of aliphatic carboxylic acids is 2. The topological polar surface area (TPSA) is 224 Å². The molecule has 0 aliphatic rings. The van der Waals surface area contributed by atoms with E-state index in [1.165, 1.54) is 24.3 Å². The third kappa shape index (κ3) is 9.30. The number of carboxylic acids is 2. The monoisotopic (exact) mass is 595 g/mol. The number of fused-ring (bicyclic) bond motifs is 1. The average molecular weight is 596 g/mol. The van der Waals surface area contributed by atoms with E-state index in [4.69, 9.17) is 10.8 Å². The maximum atomic E-state index is 13.4. The third-order valence-corrected chi connectivity index (χ3v) is 6.97. The molecule has 1 heterocycles. The molecule has 0 aliphatic heterocycles. The molecule has 0 saturated carbocycles. The van der Waals surface area contributed by atoms with Crippen LogP contribution in [-0.4, -0.2) is 74.1 Å². The maximum absolute atomic E-state index is 13.4. The lowest BCUT2D eigenvalue weighted by molar-refractivity contribution is -0.143. The van der Waals surface area contributed by atoms with Gasteiger partial charge in [-0.2, -0.15) is 0 Å². The average Bonchev–Trinajstić information content (AvgIpc) is 3.36. The summed E-state index contributed by atoms with van der Waals surface area (Å²) in [6.07, 6.45) is 1.04. The lowest BCUT2D eigenvalue weighted by atomic mass is 9.99. The Balaban J connectivity index is 1.75. The van der Waals surface area contributed by atoms with Crippen LogP contribution >= 0.6 is 0 Å². The van der Waals surface area contributed by atoms with Gasteiger partial charge in [0.05, 0.1) is 6.04 Å². The van der Waals surface area contributed by atoms with Crippen molar-refractivity contribution < 1.29 is 39.3 Å². The standard InChI is InChI=1S/C30H37N5O8/c1-16(2)26(35-27(39)21(31)14-18-15-32-22-6-4-3-5-20(18)22)29(41)34-24(13-17-7-9-19(36)10-8-17)28(40)33-23(30(42)43)11-12-25(37)38/h3-10,15-16,21,23-24,26,32,36H,11-14,31H2,1-2H3,(H,33,40)(H,34,41)(H,35,39)(H,37,38)(H,42,43). The number of H-pyrrole nitrogens is 1. The Morgan fingerprint density at radius 3 is 2.12 bits per heavy atom. The van der Waals surface area contributed by atoms with Crippen LogP contribution in [-0.2, 0) is 36.8 Å². The first kappa shape index (κ1) is 32.6. The van der Waals surface area contributed by atoms with Crippen molar-refractivity contribution in [2.24, 2.45) is 11.7 Å². The highest BCUT2D eigenvalue weighted by Crippen LogP contribution is 2.19. The largest absolute Gasteiger partial charge is 0.508 e. The molecule has 2 aromatic carbocycles. The lowest BCUT2D eigenvalue weighted by Crippen LogP contribution is -2.59. The van der Waals surface area contributed by atoms with Crippen molar-refractivity contribution in [2.45, 2.75) is 63.7 Å². The minimum absolute atomic E-state index is 0.0139. The van der Waals surface area contributed by atoms with Crippen molar-refractivity contribution >= 4 is 40.6 Å². The summed E-state index contributed by atoms with van der Waals surface area (Å²) in [6.45, 7) is 3.41. The number of carbonyl (C=O) groups is 5. The molecule has 1 aromatic heterocycles. The summed E-state index contributed by atoms with van der Waals surface area (Å²) in [4.78, 5) is 65.5. The van der Waals surface area contributed by atoms with Crippen LogP contribution in [0.3, 0.4) is 0 Å². The van der Waals surface area contributed by atoms with E-state index < -0.39 is 66.2 Å². The van der Waals surface area contributed by atoms with E-state index >= 15 is 0 Å². The van der Waals surface area contributed by atoms with E-state index in [2.05, 4.69) is 20.9 Å². The van der Waals surface area contributed by atoms with Crippen molar-refractivity contribution in [3.8, 4) is 5.75 Å². The van der Waals surface area contributed by atoms with Crippen molar-refractivity contribution in [3.05, 3.63) is 65.9 Å². The molecule has 230 valence electrons. The van der Waals surface area contributed by atoms with Gasteiger partial charge in [-0.3, -0.25) is 19.2 Å². The number of carboxylic acid groups (broad SMARTS) is 2. The van der Waals surface area contributed by atoms with Crippen LogP contribution in [0.1, 0.15) is 37.8 Å². The summed E-state index contributed by atoms with van der Waals surface area (Å²) >= 11 is 0. The minimum Gasteiger partial charge on any atom is -0.508 e. The predicted octanol–water partition coefficient (Wildman–Crippen LogP) is 1.05. The number of hydrogen-bond donors (Lipinski definition) is 8. The minimum atomic E-state index is -1.51. The Labute approximate surface area is 247 Å². The Kier molecular flexibility index (Phi) is 11.2. The van der Waals surface area contributed by atoms with Crippen LogP contribution in [0.4, 0.5) is 0 Å². The number of benzene rings is 2. The van der Waals surface area contributed by atoms with Gasteiger partial charge in [0.1, 0.15) is 23.9 Å². The number of aromatic hydroxyl groups is 1. The van der Waals surface area contributed by atoms with E-state index in [0.717, 1.165) is 16.5 Å². The number of rotatable bonds is 15. The second-order valence-electron chi connectivity index (χ2n) is 10.7. The number of hydrogen-bond acceptors (Lipinski definition) is 7. The predicted molar refractivity (Wildman–Crippen MR) is 157 cm³/mol. The zero-order chi connectivity index (χ0) is 31.7. The first-order chi connectivity index (χ1) is 20.3. The number of phenols is 1. The second kappa shape index (κ2) is 14.8. The highest BCUT2D eigenvalue weighted by Gasteiger charge is 2.32. The molecule has 9 N–H and O–H groups in total. The molecule has 43 heavy (non-hydrogen) atoms. The number of aromatic amines is 1. The number of phenolic OH excluding ortho intramolecular Hbond substituents is 1. The molecule has 4 atom stereocenters. The van der Waals surface area contributed by atoms with Crippen molar-refractivity contribution in [2.75, 3.05) is 0 Å². The van der Waals surface area contributed by atoms with E-state index in [9.17, 15) is 34.2 Å². The van der Waals surface area contributed by atoms with Gasteiger partial charge in [0.25, 0.3) is 0 Å². The van der Waals surface area contributed by atoms with Gasteiger partial charge in [0, 0.05) is 29.9 Å². The van der Waals surface area contributed by atoms with Crippen LogP contribution in [0.25, 0.3) is 10.9 Å². The van der Waals surface area contributed by atoms with E-state index in [1.54, 1.807) is 20.0 Å². The molecule has 0 saturated heterocycles. The van der Waals surface area contributed by atoms with E-state index in [0.29, 0.717) is 5.56 Å². The SMILES string of the molecule is CC(C)C(NC(=O)C(N)Cc1c[nH]c2ccccc12)C(=O)NC(Cc1ccc(O)cc1)C(=O)NC(CCC(=O)O)C(=O)O. The van der Waals surface area contributed by atoms with Crippen LogP contribution in [0.5, 0.6) is 5.75 Å². The Bertz CT molecular complexity index is 1450. The zero-order valence-electron chi connectivity index (χ0n) is 23.9. The van der Waals surface area contributed by atoms with Gasteiger partial charge >= 0.3 is 11.9 Å². The summed E-state index contributed by atoms with van der Waals surface area (Å²) in [5.74, 6) is -5.21. The summed E-state index contributed by atoms with van der Waals surface area (Å²) in [6, 6.07) is 8.57. The summed E-state index contributed by atoms with van der Waals surface area (Å²) < 4.78 is 0. The molecule has 3 aromatic rings. The van der Waals surface area contributed by atoms with Crippen molar-refractivity contribution in [1.29, 1.82) is 0 Å². The normalized spacial score (nSPS) is 14.0. The second-order valence-corrected chi connectivity index (χ2v) is 10.7. The van der Waals surface area contributed by atoms with E-state index in [-0.39, 0.29) is 25.0 Å². The quantitative estimate of drug-likeness (QED) is 0.125. The van der Waals surface area contributed by atoms with Crippen LogP contribution in [0, 0.1) is 5.92 Å². The Morgan fingerprint density at radius 2 is 1.49 bits per heavy atom. The number of nitrogens with two attached hydrogens (primary N) is 1. The molecule has 3 amide bonds. The molecule has 4 unspecified atom stereocenters. The smallest absolute Gasteiger partial charge is 0.326 e. The van der Waals surface area contributed by atoms with Gasteiger partial charge in [-0.1, -0.05) is 44.2 Å². The van der Waals surface area contributed by atoms with Gasteiger partial charge in [0.2, 0.25) is 17.7 Å². The molecule has 0 aliphatic carbocycles. The molecule has 3 rings (SSSR count). The molecule has 0 bridgehead atoms. The third-order valence-electron chi connectivity index (χ3n) is 6.97. The molecule has 0 radical (unpaired) electrons. The summed E-state index contributed by atoms with van der Waals surface area (Å²) in [5.41, 5.74) is 8.49. The Hall–Kier alpha value is -4.91. The van der Waals surface area contributed by atoms with E-state index in [1.807, 2.05) is 24.3 Å². The maximum Gasteiger partial charge on any atom is 0.326 e. The first-order valence-electron chi connectivity index (χ1n) is 13.8. The Morgan fingerprint density at radius 1 is 0.837 bits per heavy atom. The van der Waals surface area contributed by atoms with Crippen LogP contribution < -0.4 is 21.7 Å². The summed E-state index contributed by atoms with van der Waals surface area (Å²) in [7, 11) is 0. The fraction of sp³-hybridized carbons (Fsp3) is 0.367. The fourth-order valence-corrected chi connectivity index (χ4v) is 4.56. The highest BCUT2D eigenvalue weighted by atomic mass is 16.4. The number of aromatic nitrogens is 1. The molecular weight excluding hydrogens is 558 g/mol. The van der Waals surface area contributed by atoms with Crippen LogP contribution in [0.2, 0.25) is 0 Å². The van der Waals surface area contributed by atoms with Gasteiger partial charge in [-0.25, -0.2) is 4.79 Å². The van der Waals surface area contributed by atoms with Gasteiger partial charge in [-0.15, -0.1) is 0 Å². The van der Waals surface area contributed by atoms with Crippen molar-refractivity contribution in [1.82, 2.24) is 20.9 Å². The molecule has 13 nitrogen and oxygen atoms in total. The fourth-order valence-electron chi connectivity index (χ4n) is 4.56. The highest BCUT2D eigenvalue weighted by molar-refractivity contribution is 5.94. The van der Waals surface area contributed by atoms with Gasteiger partial charge in [0.15, 0.2) is 0 Å². The molecule has 0 fully saturated rings. The molecule has 13 heteroatoms. The van der Waals surface area contributed by atoms with Crippen molar-refractivity contribution in [3.63, 3.8) is 0 Å². The summed E-state index contributed by atoms with van der Waals surface area (Å²) in [5, 5.41) is 36.5.